The van der Waals surface area contributed by atoms with Gasteiger partial charge in [0.15, 0.2) is 11.6 Å². The zero-order chi connectivity index (χ0) is 44.9. The standard InChI is InChI=1S/C23H17FN4O2.C15H13BrN4O.C8H6BFO3.CH4/c1-25-23-17-10-14(15-5-6-18(24)16-7-9-30-21(15)16)11-19(29-2)20(17)27-22(28-23)13-4-3-8-26-12-13;1-17-15-11-6-10(16)7-12(21-2)13(11)19-14(20-15)9-4-3-5-18-8-9;10-7-2-1-6(9(11)12)8-5(7)3-4-13-8;/h3-12H,1-2H3,(H,25,27,28);3-8H,1-2H3,(H,17,19,20);1-4,11-12H;1H4. The maximum atomic E-state index is 14.1. The number of hydrogen-bond acceptors (Lipinski definition) is 14. The fraction of sp³-hybridized carbons (Fsp3) is 0.106. The van der Waals surface area contributed by atoms with Gasteiger partial charge in [0.1, 0.15) is 57.0 Å². The minimum atomic E-state index is -1.64. The fourth-order valence-corrected chi connectivity index (χ4v) is 7.41. The van der Waals surface area contributed by atoms with Gasteiger partial charge in [-0.25, -0.2) is 28.7 Å². The Kier molecular flexibility index (Phi) is 13.9. The molecule has 4 N–H and O–H groups in total. The number of pyridine rings is 2. The van der Waals surface area contributed by atoms with Crippen molar-refractivity contribution in [2.24, 2.45) is 0 Å². The maximum Gasteiger partial charge on any atom is 0.492 e. The van der Waals surface area contributed by atoms with Gasteiger partial charge >= 0.3 is 7.12 Å². The Bertz CT molecular complexity index is 3270. The fourth-order valence-electron chi connectivity index (χ4n) is 6.97. The van der Waals surface area contributed by atoms with Gasteiger partial charge in [0, 0.05) is 76.3 Å². The normalized spacial score (nSPS) is 10.7. The van der Waals surface area contributed by atoms with Crippen LogP contribution < -0.4 is 25.6 Å². The minimum absolute atomic E-state index is 0. The summed E-state index contributed by atoms with van der Waals surface area (Å²) in [7, 11) is 5.22. The Morgan fingerprint density at radius 3 is 1.66 bits per heavy atom. The number of ether oxygens (including phenoxy) is 2. The second-order valence-corrected chi connectivity index (χ2v) is 14.7. The van der Waals surface area contributed by atoms with E-state index in [1.54, 1.807) is 58.2 Å². The van der Waals surface area contributed by atoms with E-state index in [1.165, 1.54) is 36.8 Å². The molecule has 6 heterocycles. The van der Waals surface area contributed by atoms with Gasteiger partial charge < -0.3 is 39.0 Å². The molecule has 0 fully saturated rings. The summed E-state index contributed by atoms with van der Waals surface area (Å²) in [6, 6.07) is 23.9. The van der Waals surface area contributed by atoms with Crippen molar-refractivity contribution in [1.82, 2.24) is 29.9 Å². The highest BCUT2D eigenvalue weighted by molar-refractivity contribution is 9.10. The van der Waals surface area contributed by atoms with Crippen LogP contribution in [0.15, 0.2) is 136 Å². The first-order valence-electron chi connectivity index (χ1n) is 19.4. The first kappa shape index (κ1) is 45.5. The summed E-state index contributed by atoms with van der Waals surface area (Å²) in [5.74, 6) is 3.07. The molecule has 0 amide bonds. The first-order chi connectivity index (χ1) is 31.1. The van der Waals surface area contributed by atoms with Crippen molar-refractivity contribution >= 4 is 83.9 Å². The average Bonchev–Trinajstić information content (AvgIpc) is 4.04. The van der Waals surface area contributed by atoms with Crippen LogP contribution in [0.25, 0.3) is 77.6 Å². The molecule has 6 aromatic heterocycles. The number of rotatable bonds is 8. The molecule has 0 bridgehead atoms. The highest BCUT2D eigenvalue weighted by atomic mass is 79.9. The van der Waals surface area contributed by atoms with E-state index in [2.05, 4.69) is 51.5 Å². The lowest BCUT2D eigenvalue weighted by molar-refractivity contribution is 0.418. The molecular formula is C47H40BBrF2N8O6. The second kappa shape index (κ2) is 19.9. The van der Waals surface area contributed by atoms with E-state index in [-0.39, 0.29) is 29.7 Å². The Balaban J connectivity index is 0.000000157. The number of benzene rings is 4. The number of halogens is 3. The second-order valence-electron chi connectivity index (χ2n) is 13.8. The van der Waals surface area contributed by atoms with Crippen LogP contribution in [0.4, 0.5) is 20.4 Å². The van der Waals surface area contributed by atoms with Gasteiger partial charge in [0.25, 0.3) is 0 Å². The lowest BCUT2D eigenvalue weighted by atomic mass is 9.79. The summed E-state index contributed by atoms with van der Waals surface area (Å²) in [6.07, 6.45) is 9.67. The summed E-state index contributed by atoms with van der Waals surface area (Å²) in [5.41, 5.74) is 5.49. The molecule has 0 aliphatic rings. The van der Waals surface area contributed by atoms with Crippen molar-refractivity contribution in [3.8, 4) is 45.4 Å². The van der Waals surface area contributed by atoms with Crippen LogP contribution in [-0.4, -0.2) is 75.4 Å². The van der Waals surface area contributed by atoms with Crippen LogP contribution in [0.5, 0.6) is 11.5 Å². The van der Waals surface area contributed by atoms with Crippen molar-refractivity contribution in [3.05, 3.63) is 138 Å². The molecular weight excluding hydrogens is 901 g/mol. The molecule has 10 rings (SSSR count). The number of nitrogens with one attached hydrogen (secondary N) is 2. The van der Waals surface area contributed by atoms with Crippen LogP contribution in [0.2, 0.25) is 0 Å². The summed E-state index contributed by atoms with van der Waals surface area (Å²) < 4.78 is 49.7. The Labute approximate surface area is 379 Å². The highest BCUT2D eigenvalue weighted by Crippen LogP contribution is 2.39. The quantitative estimate of drug-likeness (QED) is 0.106. The molecule has 0 aliphatic heterocycles. The van der Waals surface area contributed by atoms with E-state index in [0.29, 0.717) is 45.5 Å². The summed E-state index contributed by atoms with van der Waals surface area (Å²) >= 11 is 3.48. The van der Waals surface area contributed by atoms with Crippen molar-refractivity contribution in [1.29, 1.82) is 0 Å². The van der Waals surface area contributed by atoms with Gasteiger partial charge in [-0.1, -0.05) is 29.4 Å². The van der Waals surface area contributed by atoms with Crippen LogP contribution >= 0.6 is 15.9 Å². The number of aromatic nitrogens is 6. The van der Waals surface area contributed by atoms with E-state index < -0.39 is 12.9 Å². The molecule has 0 saturated heterocycles. The third-order valence-corrected chi connectivity index (χ3v) is 10.5. The zero-order valence-electron chi connectivity index (χ0n) is 34.5. The number of fused-ring (bicyclic) bond motifs is 4. The lowest BCUT2D eigenvalue weighted by Gasteiger charge is -2.13. The largest absolute Gasteiger partial charge is 0.494 e. The lowest BCUT2D eigenvalue weighted by Crippen LogP contribution is -2.30. The van der Waals surface area contributed by atoms with E-state index in [1.807, 2.05) is 55.6 Å². The number of furan rings is 2. The first-order valence-corrected chi connectivity index (χ1v) is 20.2. The van der Waals surface area contributed by atoms with Crippen LogP contribution in [0, 0.1) is 11.6 Å². The number of nitrogens with zero attached hydrogens (tertiary/aromatic N) is 6. The third-order valence-electron chi connectivity index (χ3n) is 10.00. The monoisotopic (exact) mass is 940 g/mol. The molecule has 0 spiro atoms. The van der Waals surface area contributed by atoms with Crippen molar-refractivity contribution in [2.75, 3.05) is 38.9 Å². The van der Waals surface area contributed by atoms with Gasteiger partial charge in [-0.3, -0.25) is 9.97 Å². The van der Waals surface area contributed by atoms with Gasteiger partial charge in [0.05, 0.1) is 37.5 Å². The minimum Gasteiger partial charge on any atom is -0.494 e. The van der Waals surface area contributed by atoms with Gasteiger partial charge in [-0.2, -0.15) is 0 Å². The summed E-state index contributed by atoms with van der Waals surface area (Å²) in [4.78, 5) is 26.9. The van der Waals surface area contributed by atoms with Crippen LogP contribution in [-0.2, 0) is 0 Å². The summed E-state index contributed by atoms with van der Waals surface area (Å²) in [5, 5.41) is 26.4. The van der Waals surface area contributed by atoms with Crippen molar-refractivity contribution in [2.45, 2.75) is 7.43 Å². The van der Waals surface area contributed by atoms with E-state index in [0.717, 1.165) is 48.8 Å². The molecule has 0 aliphatic carbocycles. The zero-order valence-corrected chi connectivity index (χ0v) is 36.1. The molecule has 0 atom stereocenters. The molecule has 4 aromatic carbocycles. The van der Waals surface area contributed by atoms with Crippen molar-refractivity contribution < 1.29 is 37.1 Å². The van der Waals surface area contributed by atoms with E-state index >= 15 is 0 Å². The molecule has 0 saturated carbocycles. The molecule has 328 valence electrons. The third kappa shape index (κ3) is 9.26. The number of hydrogen-bond donors (Lipinski definition) is 4. The maximum absolute atomic E-state index is 14.1. The summed E-state index contributed by atoms with van der Waals surface area (Å²) in [6.45, 7) is 0. The smallest absolute Gasteiger partial charge is 0.492 e. The SMILES string of the molecule is C.CNc1nc(-c2cccnc2)nc2c(OC)cc(-c3ccc(F)c4ccoc34)cc12.CNc1nc(-c2cccnc2)nc2c(OC)cc(Br)cc12.OB(O)c1ccc(F)c2ccoc12. The average molecular weight is 942 g/mol. The molecule has 10 aromatic rings. The predicted molar refractivity (Wildman–Crippen MR) is 253 cm³/mol. The topological polar surface area (TPSA) is 187 Å². The molecule has 0 radical (unpaired) electrons. The van der Waals surface area contributed by atoms with Gasteiger partial charge in [-0.15, -0.1) is 0 Å². The number of anilines is 2. The number of methoxy groups -OCH3 is 2. The molecule has 0 unspecified atom stereocenters. The van der Waals surface area contributed by atoms with Crippen LogP contribution in [0.1, 0.15) is 7.43 Å². The van der Waals surface area contributed by atoms with Gasteiger partial charge in [-0.05, 0) is 84.4 Å². The van der Waals surface area contributed by atoms with E-state index in [9.17, 15) is 8.78 Å². The van der Waals surface area contributed by atoms with E-state index in [4.69, 9.17) is 33.3 Å². The molecule has 14 nitrogen and oxygen atoms in total. The highest BCUT2D eigenvalue weighted by Gasteiger charge is 2.20. The molecule has 65 heavy (non-hydrogen) atoms. The Morgan fingerprint density at radius 2 is 1.14 bits per heavy atom. The Hall–Kier alpha value is -7.54. The molecule has 18 heteroatoms. The Morgan fingerprint density at radius 1 is 0.615 bits per heavy atom. The van der Waals surface area contributed by atoms with Crippen LogP contribution in [0.3, 0.4) is 0 Å². The predicted octanol–water partition coefficient (Wildman–Crippen LogP) is 9.69. The van der Waals surface area contributed by atoms with Crippen molar-refractivity contribution in [3.63, 3.8) is 0 Å². The van der Waals surface area contributed by atoms with Gasteiger partial charge in [0.2, 0.25) is 0 Å².